The quantitative estimate of drug-likeness (QED) is 0.635. The largest absolute Gasteiger partial charge is 0.591 e. The van der Waals surface area contributed by atoms with Gasteiger partial charge in [0.2, 0.25) is 0 Å². The van der Waals surface area contributed by atoms with Gasteiger partial charge in [0.15, 0.2) is 0 Å². The summed E-state index contributed by atoms with van der Waals surface area (Å²) in [6.45, 7) is 7.75. The predicted molar refractivity (Wildman–Crippen MR) is 87.8 cm³/mol. The molecule has 0 aliphatic heterocycles. The maximum Gasteiger partial charge on any atom is 0.144 e. The first-order valence-corrected chi connectivity index (χ1v) is 8.33. The van der Waals surface area contributed by atoms with Crippen LogP contribution in [0, 0.1) is 6.92 Å². The second-order valence-electron chi connectivity index (χ2n) is 5.48. The van der Waals surface area contributed by atoms with Gasteiger partial charge in [-0.3, -0.25) is 0 Å². The van der Waals surface area contributed by atoms with Crippen molar-refractivity contribution >= 4 is 28.9 Å². The Hall–Kier alpha value is -1.17. The number of aromatic nitrogens is 1. The summed E-state index contributed by atoms with van der Waals surface area (Å²) in [5.41, 5.74) is 5.00. The summed E-state index contributed by atoms with van der Waals surface area (Å²) in [7, 11) is 0. The van der Waals surface area contributed by atoms with Crippen LogP contribution >= 0.6 is 11.3 Å². The molecule has 0 aliphatic carbocycles. The molecule has 1 unspecified atom stereocenters. The van der Waals surface area contributed by atoms with Gasteiger partial charge in [-0.2, -0.15) is 0 Å². The molecule has 0 N–H and O–H groups in total. The highest BCUT2D eigenvalue weighted by atomic mass is 32.2. The lowest BCUT2D eigenvalue weighted by atomic mass is 10.1. The van der Waals surface area contributed by atoms with E-state index in [1.165, 1.54) is 4.88 Å². The molecule has 0 saturated heterocycles. The van der Waals surface area contributed by atoms with Crippen LogP contribution in [0.3, 0.4) is 0 Å². The molecule has 1 heterocycles. The molecular weight excluding hydrogens is 288 g/mol. The number of aryl methyl sites for hydroxylation is 1. The monoisotopic (exact) mass is 306 g/mol. The minimum Gasteiger partial charge on any atom is -0.591 e. The number of hydrogen-bond acceptors (Lipinski definition) is 4. The molecule has 20 heavy (non-hydrogen) atoms. The van der Waals surface area contributed by atoms with E-state index in [0.29, 0.717) is 0 Å². The van der Waals surface area contributed by atoms with E-state index >= 15 is 0 Å². The van der Waals surface area contributed by atoms with E-state index in [9.17, 15) is 4.55 Å². The molecule has 3 nitrogen and oxygen atoms in total. The maximum atomic E-state index is 11.8. The van der Waals surface area contributed by atoms with Crippen LogP contribution in [0.1, 0.15) is 32.0 Å². The predicted octanol–water partition coefficient (Wildman–Crippen LogP) is 4.00. The van der Waals surface area contributed by atoms with E-state index in [0.717, 1.165) is 16.8 Å². The van der Waals surface area contributed by atoms with Gasteiger partial charge in [-0.25, -0.2) is 4.98 Å². The van der Waals surface area contributed by atoms with Crippen molar-refractivity contribution in [2.24, 2.45) is 4.40 Å². The fourth-order valence-corrected chi connectivity index (χ4v) is 2.91. The Morgan fingerprint density at radius 2 is 1.90 bits per heavy atom. The molecule has 2 aromatic rings. The SMILES string of the molecule is Cc1ncsc1-c1ccc(C=N[S+]([O-])C(C)(C)C)cc1. The van der Waals surface area contributed by atoms with E-state index in [4.69, 9.17) is 0 Å². The van der Waals surface area contributed by atoms with Crippen LogP contribution in [-0.4, -0.2) is 20.5 Å². The molecule has 1 aromatic carbocycles. The van der Waals surface area contributed by atoms with E-state index in [1.807, 2.05) is 57.5 Å². The number of nitrogens with zero attached hydrogens (tertiary/aromatic N) is 2. The van der Waals surface area contributed by atoms with Crippen molar-refractivity contribution in [1.29, 1.82) is 0 Å². The minimum absolute atomic E-state index is 0.323. The summed E-state index contributed by atoms with van der Waals surface area (Å²) in [5.74, 6) is 0. The first-order chi connectivity index (χ1) is 9.38. The highest BCUT2D eigenvalue weighted by Gasteiger charge is 2.25. The summed E-state index contributed by atoms with van der Waals surface area (Å²) < 4.78 is 15.6. The first-order valence-electron chi connectivity index (χ1n) is 6.34. The molecule has 1 aromatic heterocycles. The lowest BCUT2D eigenvalue weighted by molar-refractivity contribution is 0.562. The van der Waals surface area contributed by atoms with Crippen LogP contribution in [0.2, 0.25) is 0 Å². The van der Waals surface area contributed by atoms with Crippen LogP contribution in [0.15, 0.2) is 34.2 Å². The normalized spacial score (nSPS) is 13.8. The van der Waals surface area contributed by atoms with E-state index in [-0.39, 0.29) is 4.75 Å². The fourth-order valence-electron chi connectivity index (χ4n) is 1.57. The van der Waals surface area contributed by atoms with Crippen molar-refractivity contribution < 1.29 is 4.55 Å². The molecule has 5 heteroatoms. The van der Waals surface area contributed by atoms with Crippen LogP contribution in [0.4, 0.5) is 0 Å². The Morgan fingerprint density at radius 3 is 2.40 bits per heavy atom. The van der Waals surface area contributed by atoms with Crippen molar-refractivity contribution in [3.8, 4) is 10.4 Å². The lowest BCUT2D eigenvalue weighted by Crippen LogP contribution is -2.25. The van der Waals surface area contributed by atoms with E-state index < -0.39 is 11.4 Å². The highest BCUT2D eigenvalue weighted by Crippen LogP contribution is 2.27. The number of thiazole rings is 1. The van der Waals surface area contributed by atoms with E-state index in [2.05, 4.69) is 9.38 Å². The number of rotatable bonds is 3. The molecule has 0 bridgehead atoms. The van der Waals surface area contributed by atoms with Gasteiger partial charge in [0.05, 0.1) is 22.3 Å². The minimum atomic E-state index is -1.21. The van der Waals surface area contributed by atoms with Crippen molar-refractivity contribution in [3.63, 3.8) is 0 Å². The lowest BCUT2D eigenvalue weighted by Gasteiger charge is -2.17. The van der Waals surface area contributed by atoms with Gasteiger partial charge in [-0.15, -0.1) is 11.3 Å². The average molecular weight is 306 g/mol. The van der Waals surface area contributed by atoms with Gasteiger partial charge in [0.1, 0.15) is 16.1 Å². The maximum absolute atomic E-state index is 11.8. The zero-order chi connectivity index (χ0) is 14.8. The smallest absolute Gasteiger partial charge is 0.144 e. The van der Waals surface area contributed by atoms with Crippen molar-refractivity contribution in [3.05, 3.63) is 41.0 Å². The zero-order valence-corrected chi connectivity index (χ0v) is 13.7. The molecule has 106 valence electrons. The highest BCUT2D eigenvalue weighted by molar-refractivity contribution is 7.91. The second kappa shape index (κ2) is 6.08. The second-order valence-corrected chi connectivity index (χ2v) is 8.27. The summed E-state index contributed by atoms with van der Waals surface area (Å²) in [5, 5.41) is 0. The van der Waals surface area contributed by atoms with Crippen molar-refractivity contribution in [2.75, 3.05) is 0 Å². The number of benzene rings is 1. The number of hydrogen-bond donors (Lipinski definition) is 0. The Balaban J connectivity index is 2.13. The van der Waals surface area contributed by atoms with Crippen molar-refractivity contribution in [1.82, 2.24) is 4.98 Å². The van der Waals surface area contributed by atoms with Gasteiger partial charge >= 0.3 is 0 Å². The fraction of sp³-hybridized carbons (Fsp3) is 0.333. The summed E-state index contributed by atoms with van der Waals surface area (Å²) >= 11 is 0.422. The van der Waals surface area contributed by atoms with Gasteiger partial charge in [-0.05, 0) is 38.8 Å². The standard InChI is InChI=1S/C15H18N2OS2/c1-11-14(19-10-16-11)13-7-5-12(6-8-13)9-17-20(18)15(2,3)4/h5-10H,1-4H3. The first kappa shape index (κ1) is 15.2. The summed E-state index contributed by atoms with van der Waals surface area (Å²) in [6, 6.07) is 8.06. The third-order valence-electron chi connectivity index (χ3n) is 2.74. The molecule has 2 rings (SSSR count). The Morgan fingerprint density at radius 1 is 1.25 bits per heavy atom. The van der Waals surface area contributed by atoms with Crippen LogP contribution < -0.4 is 0 Å². The molecule has 0 amide bonds. The van der Waals surface area contributed by atoms with Crippen LogP contribution in [0.25, 0.3) is 10.4 Å². The van der Waals surface area contributed by atoms with Gasteiger partial charge in [-0.1, -0.05) is 28.7 Å². The Labute approximate surface area is 127 Å². The third-order valence-corrected chi connectivity index (χ3v) is 5.06. The molecule has 0 saturated carbocycles. The average Bonchev–Trinajstić information content (AvgIpc) is 2.82. The topological polar surface area (TPSA) is 48.3 Å². The molecule has 0 spiro atoms. The zero-order valence-electron chi connectivity index (χ0n) is 12.1. The summed E-state index contributed by atoms with van der Waals surface area (Å²) in [6.07, 6.45) is 1.67. The molecule has 0 aliphatic rings. The third kappa shape index (κ3) is 3.69. The van der Waals surface area contributed by atoms with E-state index in [1.54, 1.807) is 17.6 Å². The molecular formula is C15H18N2OS2. The van der Waals surface area contributed by atoms with Gasteiger partial charge < -0.3 is 4.55 Å². The molecule has 0 fully saturated rings. The van der Waals surface area contributed by atoms with Crippen LogP contribution in [0.5, 0.6) is 0 Å². The van der Waals surface area contributed by atoms with Gasteiger partial charge in [0, 0.05) is 0 Å². The Kier molecular flexibility index (Phi) is 4.62. The molecule has 0 radical (unpaired) electrons. The summed E-state index contributed by atoms with van der Waals surface area (Å²) in [4.78, 5) is 5.44. The molecule has 1 atom stereocenters. The Bertz CT molecular complexity index is 597. The van der Waals surface area contributed by atoms with Gasteiger partial charge in [0.25, 0.3) is 0 Å². The van der Waals surface area contributed by atoms with Crippen molar-refractivity contribution in [2.45, 2.75) is 32.4 Å². The van der Waals surface area contributed by atoms with Crippen LogP contribution in [-0.2, 0) is 11.4 Å².